The van der Waals surface area contributed by atoms with E-state index in [1.165, 1.54) is 0 Å². The molecule has 1 aromatic heterocycles. The molecule has 1 aliphatic carbocycles. The topological polar surface area (TPSA) is 64.9 Å². The van der Waals surface area contributed by atoms with Crippen LogP contribution in [0.1, 0.15) is 25.1 Å². The van der Waals surface area contributed by atoms with Crippen molar-refractivity contribution in [3.05, 3.63) is 29.0 Å². The van der Waals surface area contributed by atoms with Gasteiger partial charge in [0.1, 0.15) is 0 Å². The Morgan fingerprint density at radius 1 is 1.47 bits per heavy atom. The molecule has 1 fully saturated rings. The number of rotatable bonds is 2. The zero-order valence-corrected chi connectivity index (χ0v) is 10.1. The van der Waals surface area contributed by atoms with Gasteiger partial charge in [-0.25, -0.2) is 0 Å². The average Bonchev–Trinajstić information content (AvgIpc) is 2.83. The van der Waals surface area contributed by atoms with Gasteiger partial charge in [-0.05, 0) is 24.5 Å². The summed E-state index contributed by atoms with van der Waals surface area (Å²) in [4.78, 5) is 4.37. The molecule has 2 N–H and O–H groups in total. The summed E-state index contributed by atoms with van der Waals surface area (Å²) in [5.74, 6) is 2.23. The monoisotopic (exact) mass is 249 g/mol. The first-order valence-electron chi connectivity index (χ1n) is 5.55. The Kier molecular flexibility index (Phi) is 2.33. The van der Waals surface area contributed by atoms with Crippen molar-refractivity contribution >= 4 is 17.3 Å². The zero-order chi connectivity index (χ0) is 12.0. The Bertz CT molecular complexity index is 546. The van der Waals surface area contributed by atoms with E-state index in [0.717, 1.165) is 12.2 Å². The SMILES string of the molecule is CC1CC1c1noc(-c2c(N)cccc2Cl)n1. The predicted octanol–water partition coefficient (Wildman–Crippen LogP) is 3.10. The molecule has 17 heavy (non-hydrogen) atoms. The standard InChI is InChI=1S/C12H12ClN3O/c1-6-5-7(6)11-15-12(17-16-11)10-8(13)3-2-4-9(10)14/h2-4,6-7H,5,14H2,1H3. The Morgan fingerprint density at radius 3 is 2.88 bits per heavy atom. The Morgan fingerprint density at radius 2 is 2.24 bits per heavy atom. The summed E-state index contributed by atoms with van der Waals surface area (Å²) in [7, 11) is 0. The van der Waals surface area contributed by atoms with Crippen LogP contribution in [0, 0.1) is 5.92 Å². The van der Waals surface area contributed by atoms with Gasteiger partial charge in [-0.15, -0.1) is 0 Å². The maximum Gasteiger partial charge on any atom is 0.261 e. The van der Waals surface area contributed by atoms with Gasteiger partial charge in [0.2, 0.25) is 0 Å². The van der Waals surface area contributed by atoms with E-state index in [-0.39, 0.29) is 0 Å². The molecule has 0 saturated heterocycles. The van der Waals surface area contributed by atoms with Gasteiger partial charge in [-0.3, -0.25) is 0 Å². The second kappa shape index (κ2) is 3.74. The second-order valence-corrected chi connectivity index (χ2v) is 4.89. The molecule has 1 heterocycles. The van der Waals surface area contributed by atoms with E-state index in [2.05, 4.69) is 17.1 Å². The Balaban J connectivity index is 2.01. The third-order valence-corrected chi connectivity index (χ3v) is 3.46. The minimum atomic E-state index is 0.405. The quantitative estimate of drug-likeness (QED) is 0.831. The third-order valence-electron chi connectivity index (χ3n) is 3.14. The number of hydrogen-bond donors (Lipinski definition) is 1. The highest BCUT2D eigenvalue weighted by Crippen LogP contribution is 2.46. The molecule has 1 aliphatic rings. The van der Waals surface area contributed by atoms with Crippen LogP contribution < -0.4 is 5.73 Å². The van der Waals surface area contributed by atoms with Crippen molar-refractivity contribution in [2.45, 2.75) is 19.3 Å². The molecule has 0 amide bonds. The molecule has 0 radical (unpaired) electrons. The Hall–Kier alpha value is -1.55. The number of aromatic nitrogens is 2. The van der Waals surface area contributed by atoms with Gasteiger partial charge in [0.15, 0.2) is 5.82 Å². The van der Waals surface area contributed by atoms with Crippen LogP contribution in [-0.4, -0.2) is 10.1 Å². The summed E-state index contributed by atoms with van der Waals surface area (Å²) in [5.41, 5.74) is 7.05. The van der Waals surface area contributed by atoms with Crippen molar-refractivity contribution in [2.24, 2.45) is 5.92 Å². The van der Waals surface area contributed by atoms with Gasteiger partial charge in [0.05, 0.1) is 10.6 Å². The van der Waals surface area contributed by atoms with Gasteiger partial charge >= 0.3 is 0 Å². The number of anilines is 1. The van der Waals surface area contributed by atoms with Crippen LogP contribution in [0.15, 0.2) is 22.7 Å². The van der Waals surface area contributed by atoms with E-state index in [4.69, 9.17) is 21.9 Å². The molecule has 0 aliphatic heterocycles. The van der Waals surface area contributed by atoms with Gasteiger partial charge in [-0.2, -0.15) is 4.98 Å². The molecule has 0 spiro atoms. The summed E-state index contributed by atoms with van der Waals surface area (Å²) >= 11 is 6.09. The first-order chi connectivity index (χ1) is 8.16. The van der Waals surface area contributed by atoms with Crippen LogP contribution >= 0.6 is 11.6 Å². The van der Waals surface area contributed by atoms with E-state index in [1.807, 2.05) is 0 Å². The van der Waals surface area contributed by atoms with Gasteiger partial charge in [-0.1, -0.05) is 29.7 Å². The molecule has 0 bridgehead atoms. The summed E-state index contributed by atoms with van der Waals surface area (Å²) in [6.45, 7) is 2.17. The highest BCUT2D eigenvalue weighted by molar-refractivity contribution is 6.33. The molecule has 2 unspecified atom stereocenters. The van der Waals surface area contributed by atoms with E-state index >= 15 is 0 Å². The summed E-state index contributed by atoms with van der Waals surface area (Å²) in [6.07, 6.45) is 1.12. The molecular formula is C12H12ClN3O. The van der Waals surface area contributed by atoms with Crippen LogP contribution in [0.2, 0.25) is 5.02 Å². The maximum absolute atomic E-state index is 6.09. The molecule has 4 nitrogen and oxygen atoms in total. The minimum Gasteiger partial charge on any atom is -0.398 e. The van der Waals surface area contributed by atoms with Crippen molar-refractivity contribution in [3.63, 3.8) is 0 Å². The van der Waals surface area contributed by atoms with Crippen molar-refractivity contribution < 1.29 is 4.52 Å². The Labute approximate surface area is 104 Å². The molecule has 2 aromatic rings. The summed E-state index contributed by atoms with van der Waals surface area (Å²) < 4.78 is 5.24. The fourth-order valence-corrected chi connectivity index (χ4v) is 2.20. The fraction of sp³-hybridized carbons (Fsp3) is 0.333. The van der Waals surface area contributed by atoms with Crippen LogP contribution in [0.25, 0.3) is 11.5 Å². The number of halogens is 1. The highest BCUT2D eigenvalue weighted by Gasteiger charge is 2.38. The lowest BCUT2D eigenvalue weighted by molar-refractivity contribution is 0.422. The number of hydrogen-bond acceptors (Lipinski definition) is 4. The third kappa shape index (κ3) is 1.78. The second-order valence-electron chi connectivity index (χ2n) is 4.48. The highest BCUT2D eigenvalue weighted by atomic mass is 35.5. The normalized spacial score (nSPS) is 22.7. The maximum atomic E-state index is 6.09. The first kappa shape index (κ1) is 10.6. The zero-order valence-electron chi connectivity index (χ0n) is 9.35. The van der Waals surface area contributed by atoms with Crippen LogP contribution in [0.3, 0.4) is 0 Å². The van der Waals surface area contributed by atoms with Crippen LogP contribution in [0.4, 0.5) is 5.69 Å². The minimum absolute atomic E-state index is 0.405. The van der Waals surface area contributed by atoms with Gasteiger partial charge in [0, 0.05) is 11.6 Å². The lowest BCUT2D eigenvalue weighted by Gasteiger charge is -2.01. The molecule has 5 heteroatoms. The predicted molar refractivity (Wildman–Crippen MR) is 65.7 cm³/mol. The molecule has 1 saturated carbocycles. The van der Waals surface area contributed by atoms with E-state index < -0.39 is 0 Å². The summed E-state index contributed by atoms with van der Waals surface area (Å²) in [5, 5.41) is 4.52. The first-order valence-corrected chi connectivity index (χ1v) is 5.92. The van der Waals surface area contributed by atoms with E-state index in [1.54, 1.807) is 18.2 Å². The molecule has 1 aromatic carbocycles. The van der Waals surface area contributed by atoms with Crippen LogP contribution in [-0.2, 0) is 0 Å². The largest absolute Gasteiger partial charge is 0.398 e. The molecule has 2 atom stereocenters. The van der Waals surface area contributed by atoms with E-state index in [0.29, 0.717) is 34.0 Å². The van der Waals surface area contributed by atoms with Crippen molar-refractivity contribution in [1.29, 1.82) is 0 Å². The smallest absolute Gasteiger partial charge is 0.261 e. The van der Waals surface area contributed by atoms with Gasteiger partial charge in [0.25, 0.3) is 5.89 Å². The number of benzene rings is 1. The average molecular weight is 250 g/mol. The number of nitrogens with zero attached hydrogens (tertiary/aromatic N) is 2. The molecular weight excluding hydrogens is 238 g/mol. The lowest BCUT2D eigenvalue weighted by atomic mass is 10.2. The number of nitrogens with two attached hydrogens (primary N) is 1. The number of nitrogen functional groups attached to an aromatic ring is 1. The van der Waals surface area contributed by atoms with Crippen molar-refractivity contribution in [1.82, 2.24) is 10.1 Å². The fourth-order valence-electron chi connectivity index (χ4n) is 1.94. The van der Waals surface area contributed by atoms with Gasteiger partial charge < -0.3 is 10.3 Å². The molecule has 88 valence electrons. The van der Waals surface area contributed by atoms with Crippen LogP contribution in [0.5, 0.6) is 0 Å². The summed E-state index contributed by atoms with van der Waals surface area (Å²) in [6, 6.07) is 5.32. The molecule has 3 rings (SSSR count). The van der Waals surface area contributed by atoms with E-state index in [9.17, 15) is 0 Å². The van der Waals surface area contributed by atoms with Crippen molar-refractivity contribution in [3.8, 4) is 11.5 Å². The van der Waals surface area contributed by atoms with Crippen molar-refractivity contribution in [2.75, 3.05) is 5.73 Å². The lowest BCUT2D eigenvalue weighted by Crippen LogP contribution is -1.91.